The second kappa shape index (κ2) is 11.0. The molecular weight excluding hydrogens is 426 g/mol. The van der Waals surface area contributed by atoms with Crippen LogP contribution in [-0.2, 0) is 0 Å². The monoisotopic (exact) mass is 457 g/mol. The highest BCUT2D eigenvalue weighted by atomic mass is 32.2. The molecule has 2 aliphatic rings. The highest BCUT2D eigenvalue weighted by Crippen LogP contribution is 2.23. The molecule has 32 heavy (non-hydrogen) atoms. The van der Waals surface area contributed by atoms with Gasteiger partial charge in [-0.2, -0.15) is 5.01 Å². The number of aliphatic imine (C=N–C) groups is 1. The summed E-state index contributed by atoms with van der Waals surface area (Å²) in [4.78, 5) is 20.5. The minimum Gasteiger partial charge on any atom is -0.861 e. The fraction of sp³-hybridized carbons (Fsp3) is 0.565. The fourth-order valence-corrected chi connectivity index (χ4v) is 5.13. The van der Waals surface area contributed by atoms with Crippen molar-refractivity contribution in [2.45, 2.75) is 45.1 Å². The lowest BCUT2D eigenvalue weighted by Crippen LogP contribution is -2.66. The number of hydrogen-bond acceptors (Lipinski definition) is 8. The largest absolute Gasteiger partial charge is 0.861 e. The van der Waals surface area contributed by atoms with E-state index < -0.39 is 5.92 Å². The van der Waals surface area contributed by atoms with Gasteiger partial charge in [-0.3, -0.25) is 14.2 Å². The van der Waals surface area contributed by atoms with Gasteiger partial charge in [-0.15, -0.1) is 0 Å². The smallest absolute Gasteiger partial charge is 0.324 e. The van der Waals surface area contributed by atoms with Gasteiger partial charge in [-0.25, -0.2) is 4.99 Å². The molecule has 4 rings (SSSR count). The van der Waals surface area contributed by atoms with E-state index in [-0.39, 0.29) is 16.9 Å². The summed E-state index contributed by atoms with van der Waals surface area (Å²) < 4.78 is 5.27. The van der Waals surface area contributed by atoms with Gasteiger partial charge in [-0.05, 0) is 24.7 Å². The summed E-state index contributed by atoms with van der Waals surface area (Å²) >= 11 is 1.13. The second-order valence-electron chi connectivity index (χ2n) is 8.56. The highest BCUT2D eigenvalue weighted by Gasteiger charge is 2.30. The second-order valence-corrected chi connectivity index (χ2v) is 9.55. The van der Waals surface area contributed by atoms with E-state index in [0.29, 0.717) is 11.3 Å². The number of benzene rings is 1. The Morgan fingerprint density at radius 2 is 1.94 bits per heavy atom. The Hall–Kier alpha value is -2.39. The van der Waals surface area contributed by atoms with E-state index in [1.165, 1.54) is 32.1 Å². The number of hydrogen-bond donors (Lipinski definition) is 0. The lowest BCUT2D eigenvalue weighted by molar-refractivity contribution is -0.759. The van der Waals surface area contributed by atoms with Crippen LogP contribution in [0.4, 0.5) is 5.88 Å². The number of nitrogens with zero attached hydrogens (tertiary/aromatic N) is 5. The Morgan fingerprint density at radius 3 is 2.66 bits per heavy atom. The molecule has 1 saturated carbocycles. The van der Waals surface area contributed by atoms with Crippen molar-refractivity contribution in [3.8, 4) is 0 Å². The van der Waals surface area contributed by atoms with Gasteiger partial charge in [0.15, 0.2) is 0 Å². The molecule has 1 aliphatic carbocycles. The molecule has 2 fully saturated rings. The Labute approximate surface area is 193 Å². The molecule has 9 heteroatoms. The maximum atomic E-state index is 12.5. The van der Waals surface area contributed by atoms with Crippen LogP contribution in [0.5, 0.6) is 0 Å². The third-order valence-electron chi connectivity index (χ3n) is 6.23. The maximum Gasteiger partial charge on any atom is 0.324 e. The molecule has 1 aromatic heterocycles. The molecule has 0 bridgehead atoms. The van der Waals surface area contributed by atoms with Gasteiger partial charge >= 0.3 is 5.88 Å². The first-order valence-corrected chi connectivity index (χ1v) is 12.4. The van der Waals surface area contributed by atoms with Crippen molar-refractivity contribution in [2.24, 2.45) is 10.9 Å². The number of carbonyl (C=O) groups excluding carboxylic acids is 1. The number of piperazine rings is 1. The molecule has 8 nitrogen and oxygen atoms in total. The van der Waals surface area contributed by atoms with Crippen LogP contribution in [0, 0.1) is 5.92 Å². The molecule has 0 unspecified atom stereocenters. The molecule has 0 amide bonds. The first kappa shape index (κ1) is 22.8. The third-order valence-corrected chi connectivity index (χ3v) is 7.40. The molecule has 0 N–H and O–H groups in total. The van der Waals surface area contributed by atoms with Crippen molar-refractivity contribution in [1.29, 1.82) is 0 Å². The van der Waals surface area contributed by atoms with Gasteiger partial charge in [0.2, 0.25) is 10.4 Å². The molecule has 172 valence electrons. The Kier molecular flexibility index (Phi) is 7.81. The van der Waals surface area contributed by atoms with Crippen LogP contribution in [0.2, 0.25) is 0 Å². The standard InChI is InChI=1S/C23H31N5O3S/c1-18(17-32-23(30)19-8-4-2-5-9-19)22(29)24-21-16-28(25-31-21)27-14-12-26(13-15-27)20-10-6-3-7-11-20/h2,4-5,8-9,16,18,20H,3,6-7,10-15,17H2,1H3/t18-/m1/s1. The molecule has 1 aliphatic heterocycles. The van der Waals surface area contributed by atoms with E-state index in [2.05, 4.69) is 20.2 Å². The Morgan fingerprint density at radius 1 is 1.22 bits per heavy atom. The van der Waals surface area contributed by atoms with Gasteiger partial charge in [0.05, 0.1) is 17.9 Å². The van der Waals surface area contributed by atoms with E-state index in [1.54, 1.807) is 30.0 Å². The first-order valence-electron chi connectivity index (χ1n) is 11.5. The summed E-state index contributed by atoms with van der Waals surface area (Å²) in [5, 5.41) is 18.6. The summed E-state index contributed by atoms with van der Waals surface area (Å²) in [5.74, 6) is -0.155. The predicted molar refractivity (Wildman–Crippen MR) is 123 cm³/mol. The van der Waals surface area contributed by atoms with E-state index in [4.69, 9.17) is 4.52 Å². The normalized spacial score (nSPS) is 19.8. The average Bonchev–Trinajstić information content (AvgIpc) is 3.32. The molecule has 0 spiro atoms. The molecule has 2 heterocycles. The van der Waals surface area contributed by atoms with Gasteiger partial charge in [-0.1, -0.05) is 68.3 Å². The lowest BCUT2D eigenvalue weighted by Gasteiger charge is -2.38. The van der Waals surface area contributed by atoms with Crippen molar-refractivity contribution in [3.63, 3.8) is 0 Å². The molecule has 1 saturated heterocycles. The van der Waals surface area contributed by atoms with Crippen LogP contribution < -0.4 is 14.9 Å². The Bertz CT molecular complexity index is 905. The first-order chi connectivity index (χ1) is 15.6. The molecule has 2 aromatic rings. The summed E-state index contributed by atoms with van der Waals surface area (Å²) in [6.07, 6.45) is 8.35. The van der Waals surface area contributed by atoms with Crippen LogP contribution in [0.25, 0.3) is 0 Å². The zero-order valence-corrected chi connectivity index (χ0v) is 19.4. The van der Waals surface area contributed by atoms with Gasteiger partial charge in [0, 0.05) is 30.4 Å². The topological polar surface area (TPSA) is 88.9 Å². The number of carbonyl (C=O) groups is 1. The molecule has 1 atom stereocenters. The van der Waals surface area contributed by atoms with E-state index in [1.807, 2.05) is 18.2 Å². The minimum absolute atomic E-state index is 0.0462. The number of aromatic nitrogens is 2. The van der Waals surface area contributed by atoms with Crippen molar-refractivity contribution in [2.75, 3.05) is 36.9 Å². The molecule has 0 radical (unpaired) electrons. The molecule has 1 aromatic carbocycles. The summed E-state index contributed by atoms with van der Waals surface area (Å²) in [6, 6.07) is 9.79. The number of thioether (sulfide) groups is 1. The predicted octanol–water partition coefficient (Wildman–Crippen LogP) is 2.15. The fourth-order valence-electron chi connectivity index (χ4n) is 4.29. The van der Waals surface area contributed by atoms with Crippen molar-refractivity contribution in [1.82, 2.24) is 10.2 Å². The Balaban J connectivity index is 1.27. The highest BCUT2D eigenvalue weighted by molar-refractivity contribution is 8.14. The summed E-state index contributed by atoms with van der Waals surface area (Å²) in [7, 11) is 0. The zero-order valence-electron chi connectivity index (χ0n) is 18.6. The van der Waals surface area contributed by atoms with Gasteiger partial charge in [0.1, 0.15) is 0 Å². The van der Waals surface area contributed by atoms with E-state index in [9.17, 15) is 9.90 Å². The van der Waals surface area contributed by atoms with Crippen LogP contribution in [-0.4, -0.2) is 59.2 Å². The summed E-state index contributed by atoms with van der Waals surface area (Å²) in [6.45, 7) is 5.54. The minimum atomic E-state index is -0.398. The third kappa shape index (κ3) is 5.89. The molecular formula is C23H31N5O3S. The SMILES string of the molecule is C[C@H](CSC(=O)c1ccccc1)C([O-])=Nc1c[n+](N2CCN(C3CCCCC3)CC2)no1. The van der Waals surface area contributed by atoms with Crippen LogP contribution in [0.15, 0.2) is 46.0 Å². The average molecular weight is 458 g/mol. The van der Waals surface area contributed by atoms with Gasteiger partial charge < -0.3 is 5.11 Å². The van der Waals surface area contributed by atoms with Crippen LogP contribution >= 0.6 is 11.8 Å². The summed E-state index contributed by atoms with van der Waals surface area (Å²) in [5.41, 5.74) is 0.633. The maximum absolute atomic E-state index is 12.5. The van der Waals surface area contributed by atoms with E-state index >= 15 is 0 Å². The quantitative estimate of drug-likeness (QED) is 0.358. The van der Waals surface area contributed by atoms with Gasteiger partial charge in [0.25, 0.3) is 6.20 Å². The van der Waals surface area contributed by atoms with E-state index in [0.717, 1.165) is 44.0 Å². The zero-order chi connectivity index (χ0) is 22.3. The van der Waals surface area contributed by atoms with Crippen LogP contribution in [0.1, 0.15) is 49.4 Å². The van der Waals surface area contributed by atoms with Crippen molar-refractivity contribution in [3.05, 3.63) is 42.1 Å². The number of rotatable bonds is 7. The van der Waals surface area contributed by atoms with Crippen molar-refractivity contribution < 1.29 is 19.2 Å². The lowest BCUT2D eigenvalue weighted by atomic mass is 9.94. The van der Waals surface area contributed by atoms with Crippen LogP contribution in [0.3, 0.4) is 0 Å². The van der Waals surface area contributed by atoms with Crippen molar-refractivity contribution >= 4 is 28.7 Å².